The predicted octanol–water partition coefficient (Wildman–Crippen LogP) is 14.0. The molecule has 0 spiro atoms. The highest BCUT2D eigenvalue weighted by atomic mass is 15.2. The van der Waals surface area contributed by atoms with Crippen LogP contribution in [-0.4, -0.2) is 6.71 Å². The second-order valence-corrected chi connectivity index (χ2v) is 21.4. The van der Waals surface area contributed by atoms with Crippen molar-refractivity contribution >= 4 is 57.2 Å². The van der Waals surface area contributed by atoms with Crippen LogP contribution in [0.2, 0.25) is 0 Å². The molecule has 0 aromatic heterocycles. The highest BCUT2D eigenvalue weighted by Gasteiger charge is 2.49. The van der Waals surface area contributed by atoms with Crippen LogP contribution < -0.4 is 26.2 Å². The fourth-order valence-electron chi connectivity index (χ4n) is 12.2. The smallest absolute Gasteiger partial charge is 0.252 e. The molecule has 2 heterocycles. The first-order valence-corrected chi connectivity index (χ1v) is 22.7. The van der Waals surface area contributed by atoms with Gasteiger partial charge in [0.25, 0.3) is 6.71 Å². The summed E-state index contributed by atoms with van der Waals surface area (Å²) < 4.78 is 27.2. The van der Waals surface area contributed by atoms with Gasteiger partial charge in [-0.15, -0.1) is 0 Å². The summed E-state index contributed by atoms with van der Waals surface area (Å²) in [7, 11) is 0. The van der Waals surface area contributed by atoms with Crippen molar-refractivity contribution in [2.75, 3.05) is 9.80 Å². The molecule has 0 fully saturated rings. The molecule has 4 aliphatic rings. The van der Waals surface area contributed by atoms with Crippen LogP contribution in [0.15, 0.2) is 140 Å². The van der Waals surface area contributed by atoms with Crippen LogP contribution in [0.25, 0.3) is 22.3 Å². The quantitative estimate of drug-likeness (QED) is 0.163. The van der Waals surface area contributed by atoms with E-state index in [1.54, 1.807) is 0 Å². The van der Waals surface area contributed by atoms with Gasteiger partial charge in [-0.25, -0.2) is 0 Å². The van der Waals surface area contributed by atoms with E-state index in [2.05, 4.69) is 200 Å². The number of hydrogen-bond donors (Lipinski definition) is 0. The van der Waals surface area contributed by atoms with E-state index in [4.69, 9.17) is 4.11 Å². The first kappa shape index (κ1) is 35.8. The number of aryl methyl sites for hydroxylation is 2. The molecule has 7 aromatic carbocycles. The second-order valence-electron chi connectivity index (χ2n) is 21.4. The summed E-state index contributed by atoms with van der Waals surface area (Å²) in [4.78, 5) is 4.83. The molecule has 0 unspecified atom stereocenters. The summed E-state index contributed by atoms with van der Waals surface area (Å²) in [5.74, 6) is 0. The number of benzene rings is 7. The van der Waals surface area contributed by atoms with Crippen molar-refractivity contribution in [3.8, 4) is 22.3 Å². The third kappa shape index (κ3) is 5.83. The Kier molecular flexibility index (Phi) is 7.70. The molecule has 3 heteroatoms. The Morgan fingerprint density at radius 1 is 0.452 bits per heavy atom. The van der Waals surface area contributed by atoms with E-state index >= 15 is 0 Å². The van der Waals surface area contributed by atoms with Crippen LogP contribution in [-0.2, 0) is 21.7 Å². The zero-order valence-electron chi connectivity index (χ0n) is 40.9. The van der Waals surface area contributed by atoms with Crippen molar-refractivity contribution in [1.82, 2.24) is 0 Å². The molecule has 308 valence electrons. The SMILES string of the molecule is [2H]C([2H])([2H])c1cc2c3c(c1)N(c1cc4c(cc1C)C(C)(C)CCC4(C)C)c1cc4c(cc1B3c1cc(-c3ccccc3)ccc1N2c1ccc(-c2ccccc2)cc1)C(C)(C)CC4(C)C. The maximum absolute atomic E-state index is 9.06. The summed E-state index contributed by atoms with van der Waals surface area (Å²) in [5, 5.41) is 0. The van der Waals surface area contributed by atoms with Crippen molar-refractivity contribution in [2.45, 2.75) is 110 Å². The molecule has 2 nitrogen and oxygen atoms in total. The number of fused-ring (bicyclic) bond motifs is 6. The van der Waals surface area contributed by atoms with Gasteiger partial charge in [0.2, 0.25) is 0 Å². The van der Waals surface area contributed by atoms with Gasteiger partial charge in [0, 0.05) is 38.2 Å². The number of hydrogen-bond acceptors (Lipinski definition) is 2. The molecule has 0 N–H and O–H groups in total. The van der Waals surface area contributed by atoms with E-state index in [1.165, 1.54) is 44.3 Å². The van der Waals surface area contributed by atoms with Gasteiger partial charge in [-0.3, -0.25) is 0 Å². The van der Waals surface area contributed by atoms with Crippen molar-refractivity contribution in [2.24, 2.45) is 0 Å². The van der Waals surface area contributed by atoms with E-state index in [0.29, 0.717) is 5.56 Å². The highest BCUT2D eigenvalue weighted by Crippen LogP contribution is 2.54. The average molecular weight is 810 g/mol. The second kappa shape index (κ2) is 13.4. The third-order valence-electron chi connectivity index (χ3n) is 15.3. The third-order valence-corrected chi connectivity index (χ3v) is 15.3. The molecular formula is C59H59BN2. The lowest BCUT2D eigenvalue weighted by molar-refractivity contribution is 0.332. The summed E-state index contributed by atoms with van der Waals surface area (Å²) >= 11 is 0. The first-order valence-electron chi connectivity index (χ1n) is 24.2. The largest absolute Gasteiger partial charge is 0.311 e. The maximum atomic E-state index is 9.06. The summed E-state index contributed by atoms with van der Waals surface area (Å²) in [6.07, 6.45) is 3.29. The molecular weight excluding hydrogens is 747 g/mol. The van der Waals surface area contributed by atoms with Crippen LogP contribution in [0, 0.1) is 13.8 Å². The minimum atomic E-state index is -2.35. The molecule has 0 saturated heterocycles. The van der Waals surface area contributed by atoms with Gasteiger partial charge in [0.1, 0.15) is 0 Å². The fraction of sp³-hybridized carbons (Fsp3) is 0.288. The van der Waals surface area contributed by atoms with Gasteiger partial charge < -0.3 is 9.80 Å². The Morgan fingerprint density at radius 3 is 1.58 bits per heavy atom. The molecule has 0 amide bonds. The zero-order chi connectivity index (χ0) is 45.6. The zero-order valence-corrected chi connectivity index (χ0v) is 37.9. The van der Waals surface area contributed by atoms with Gasteiger partial charge in [-0.2, -0.15) is 0 Å². The van der Waals surface area contributed by atoms with Crippen molar-refractivity contribution in [3.05, 3.63) is 173 Å². The lowest BCUT2D eigenvalue weighted by Crippen LogP contribution is -2.61. The number of nitrogens with zero attached hydrogens (tertiary/aromatic N) is 2. The van der Waals surface area contributed by atoms with Gasteiger partial charge in [0.15, 0.2) is 0 Å². The van der Waals surface area contributed by atoms with Crippen LogP contribution in [0.5, 0.6) is 0 Å². The van der Waals surface area contributed by atoms with E-state index in [-0.39, 0.29) is 28.4 Å². The molecule has 0 atom stereocenters. The summed E-state index contributed by atoms with van der Waals surface area (Å²) in [6.45, 7) is 19.0. The van der Waals surface area contributed by atoms with E-state index in [1.807, 2.05) is 12.1 Å². The minimum Gasteiger partial charge on any atom is -0.311 e. The van der Waals surface area contributed by atoms with Crippen LogP contribution in [0.1, 0.15) is 112 Å². The van der Waals surface area contributed by atoms with E-state index < -0.39 is 6.85 Å². The van der Waals surface area contributed by atoms with E-state index in [0.717, 1.165) is 75.5 Å². The van der Waals surface area contributed by atoms with Crippen molar-refractivity contribution in [3.63, 3.8) is 0 Å². The molecule has 62 heavy (non-hydrogen) atoms. The Balaban J connectivity index is 1.26. The molecule has 2 aliphatic heterocycles. The normalized spacial score (nSPS) is 19.0. The van der Waals surface area contributed by atoms with Gasteiger partial charge in [-0.1, -0.05) is 152 Å². The Morgan fingerprint density at radius 2 is 0.952 bits per heavy atom. The van der Waals surface area contributed by atoms with Crippen LogP contribution in [0.4, 0.5) is 34.1 Å². The monoisotopic (exact) mass is 809 g/mol. The van der Waals surface area contributed by atoms with Crippen LogP contribution in [0.3, 0.4) is 0 Å². The number of rotatable bonds is 4. The summed E-state index contributed by atoms with van der Waals surface area (Å²) in [5.41, 5.74) is 21.5. The Bertz CT molecular complexity index is 3070. The van der Waals surface area contributed by atoms with Gasteiger partial charge >= 0.3 is 0 Å². The number of anilines is 6. The van der Waals surface area contributed by atoms with Gasteiger partial charge in [-0.05, 0) is 169 Å². The summed E-state index contributed by atoms with van der Waals surface area (Å²) in [6, 6.07) is 50.9. The molecule has 7 aromatic rings. The maximum Gasteiger partial charge on any atom is 0.252 e. The minimum absolute atomic E-state index is 0.0200. The molecule has 0 radical (unpaired) electrons. The first-order chi connectivity index (χ1) is 30.7. The molecule has 2 aliphatic carbocycles. The lowest BCUT2D eigenvalue weighted by atomic mass is 9.33. The Labute approximate surface area is 375 Å². The average Bonchev–Trinajstić information content (AvgIpc) is 3.46. The Hall–Kier alpha value is -5.80. The lowest BCUT2D eigenvalue weighted by Gasteiger charge is -2.46. The molecule has 0 bridgehead atoms. The van der Waals surface area contributed by atoms with E-state index in [9.17, 15) is 0 Å². The van der Waals surface area contributed by atoms with Crippen LogP contribution >= 0.6 is 0 Å². The fourth-order valence-corrected chi connectivity index (χ4v) is 12.2. The van der Waals surface area contributed by atoms with Crippen molar-refractivity contribution in [1.29, 1.82) is 0 Å². The topological polar surface area (TPSA) is 6.48 Å². The molecule has 11 rings (SSSR count). The van der Waals surface area contributed by atoms with Crippen molar-refractivity contribution < 1.29 is 4.11 Å². The molecule has 0 saturated carbocycles. The predicted molar refractivity (Wildman–Crippen MR) is 267 cm³/mol. The van der Waals surface area contributed by atoms with Gasteiger partial charge in [0.05, 0.1) is 0 Å². The highest BCUT2D eigenvalue weighted by molar-refractivity contribution is 7.00. The standard InChI is InChI=1S/C59H59BN2/c1-37-29-53-55-54(30-37)62(51-34-46-44(31-38(51)2)56(3,4)27-28-57(46,5)6)52-35-47-45(58(7,8)36-59(47,9)10)33-49(52)60(55)48-32-42(40-19-15-12-16-20-40)23-26-50(48)61(53)43-24-21-41(22-25-43)39-17-13-11-14-18-39/h11-26,29-35H,27-28,36H2,1-10H3/i1D3.